The molecule has 1 atom stereocenters. The highest BCUT2D eigenvalue weighted by Gasteiger charge is 2.33. The molecule has 2 aromatic carbocycles. The number of carbonyl (C=O) groups is 1. The van der Waals surface area contributed by atoms with Gasteiger partial charge in [0.2, 0.25) is 15.9 Å². The molecular formula is C20H22ClFN2O4S. The molecule has 156 valence electrons. The maximum atomic E-state index is 13.3. The van der Waals surface area contributed by atoms with Crippen LogP contribution >= 0.6 is 11.6 Å². The van der Waals surface area contributed by atoms with Gasteiger partial charge in [0, 0.05) is 18.8 Å². The van der Waals surface area contributed by atoms with Crippen LogP contribution in [0.5, 0.6) is 5.75 Å². The molecule has 6 nitrogen and oxygen atoms in total. The number of amides is 1. The van der Waals surface area contributed by atoms with Crippen molar-refractivity contribution in [1.82, 2.24) is 4.31 Å². The van der Waals surface area contributed by atoms with Crippen LogP contribution in [0.4, 0.5) is 10.1 Å². The minimum atomic E-state index is -3.72. The van der Waals surface area contributed by atoms with Crippen LogP contribution in [0.25, 0.3) is 0 Å². The highest BCUT2D eigenvalue weighted by Crippen LogP contribution is 2.26. The summed E-state index contributed by atoms with van der Waals surface area (Å²) in [6, 6.07) is 10.1. The van der Waals surface area contributed by atoms with Gasteiger partial charge >= 0.3 is 0 Å². The molecule has 1 fully saturated rings. The highest BCUT2D eigenvalue weighted by molar-refractivity contribution is 7.89. The number of halogens is 2. The van der Waals surface area contributed by atoms with Crippen molar-refractivity contribution >= 4 is 33.2 Å². The average Bonchev–Trinajstić information content (AvgIpc) is 2.71. The molecule has 0 radical (unpaired) electrons. The van der Waals surface area contributed by atoms with Crippen molar-refractivity contribution in [3.63, 3.8) is 0 Å². The number of benzene rings is 2. The van der Waals surface area contributed by atoms with E-state index >= 15 is 0 Å². The van der Waals surface area contributed by atoms with E-state index in [2.05, 4.69) is 5.32 Å². The summed E-state index contributed by atoms with van der Waals surface area (Å²) in [4.78, 5) is 12.8. The molecule has 29 heavy (non-hydrogen) atoms. The van der Waals surface area contributed by atoms with E-state index in [1.165, 1.54) is 34.6 Å². The number of ether oxygens (including phenoxy) is 1. The van der Waals surface area contributed by atoms with Crippen molar-refractivity contribution in [3.8, 4) is 5.75 Å². The number of hydrogen-bond acceptors (Lipinski definition) is 4. The van der Waals surface area contributed by atoms with E-state index in [0.717, 1.165) is 0 Å². The molecule has 9 heteroatoms. The number of piperidine rings is 1. The number of hydrogen-bond donors (Lipinski definition) is 1. The Morgan fingerprint density at radius 2 is 2.00 bits per heavy atom. The largest absolute Gasteiger partial charge is 0.494 e. The molecule has 3 rings (SSSR count). The Kier molecular flexibility index (Phi) is 6.77. The summed E-state index contributed by atoms with van der Waals surface area (Å²) in [6.45, 7) is 2.77. The summed E-state index contributed by atoms with van der Waals surface area (Å²) in [5, 5.41) is 2.59. The van der Waals surface area contributed by atoms with E-state index in [9.17, 15) is 17.6 Å². The molecule has 0 aromatic heterocycles. The van der Waals surface area contributed by atoms with Crippen LogP contribution in [0.15, 0.2) is 47.4 Å². The quantitative estimate of drug-likeness (QED) is 0.738. The van der Waals surface area contributed by atoms with E-state index < -0.39 is 21.8 Å². The second kappa shape index (κ2) is 9.11. The summed E-state index contributed by atoms with van der Waals surface area (Å²) < 4.78 is 45.9. The number of nitrogens with zero attached hydrogens (tertiary/aromatic N) is 1. The van der Waals surface area contributed by atoms with Gasteiger partial charge in [0.05, 0.1) is 22.4 Å². The molecule has 2 aromatic rings. The fourth-order valence-corrected chi connectivity index (χ4v) is 4.92. The Balaban J connectivity index is 1.70. The minimum Gasteiger partial charge on any atom is -0.494 e. The molecule has 1 N–H and O–H groups in total. The lowest BCUT2D eigenvalue weighted by atomic mass is 9.99. The SMILES string of the molecule is CCOc1ccc(S(=O)(=O)N2CCC[C@@H](C(=O)Nc3ccc(F)c(Cl)c3)C2)cc1. The first-order valence-electron chi connectivity index (χ1n) is 9.30. The van der Waals surface area contributed by atoms with Crippen molar-refractivity contribution in [2.45, 2.75) is 24.7 Å². The Bertz CT molecular complexity index is 982. The van der Waals surface area contributed by atoms with Crippen LogP contribution < -0.4 is 10.1 Å². The maximum Gasteiger partial charge on any atom is 0.243 e. The number of rotatable bonds is 6. The van der Waals surface area contributed by atoms with Gasteiger partial charge in [-0.25, -0.2) is 12.8 Å². The number of sulfonamides is 1. The molecule has 0 aliphatic carbocycles. The molecule has 1 aliphatic rings. The van der Waals surface area contributed by atoms with Crippen molar-refractivity contribution in [2.24, 2.45) is 5.92 Å². The standard InChI is InChI=1S/C20H22ClFN2O4S/c1-2-28-16-6-8-17(9-7-16)29(26,27)24-11-3-4-14(13-24)20(25)23-15-5-10-19(22)18(21)12-15/h5-10,12,14H,2-4,11,13H2,1H3,(H,23,25)/t14-/m1/s1. The third-order valence-corrected chi connectivity index (χ3v) is 6.88. The Hall–Kier alpha value is -2.16. The Labute approximate surface area is 174 Å². The molecule has 1 heterocycles. The lowest BCUT2D eigenvalue weighted by Crippen LogP contribution is -2.43. The van der Waals surface area contributed by atoms with Crippen LogP contribution in [-0.2, 0) is 14.8 Å². The highest BCUT2D eigenvalue weighted by atomic mass is 35.5. The molecule has 0 bridgehead atoms. The molecule has 1 amide bonds. The predicted molar refractivity (Wildman–Crippen MR) is 109 cm³/mol. The molecular weight excluding hydrogens is 419 g/mol. The minimum absolute atomic E-state index is 0.0797. The predicted octanol–water partition coefficient (Wildman–Crippen LogP) is 3.92. The second-order valence-electron chi connectivity index (χ2n) is 6.72. The lowest BCUT2D eigenvalue weighted by molar-refractivity contribution is -0.120. The lowest BCUT2D eigenvalue weighted by Gasteiger charge is -2.31. The Morgan fingerprint density at radius 3 is 2.66 bits per heavy atom. The number of carbonyl (C=O) groups excluding carboxylic acids is 1. The summed E-state index contributed by atoms with van der Waals surface area (Å²) in [5.41, 5.74) is 0.368. The topological polar surface area (TPSA) is 75.7 Å². The van der Waals surface area contributed by atoms with Crippen molar-refractivity contribution in [2.75, 3.05) is 25.0 Å². The van der Waals surface area contributed by atoms with Crippen molar-refractivity contribution < 1.29 is 22.3 Å². The molecule has 0 spiro atoms. The van der Waals surface area contributed by atoms with Gasteiger partial charge in [-0.15, -0.1) is 0 Å². The zero-order valence-corrected chi connectivity index (χ0v) is 17.5. The van der Waals surface area contributed by atoms with E-state index in [-0.39, 0.29) is 22.4 Å². The van der Waals surface area contributed by atoms with E-state index in [1.54, 1.807) is 12.1 Å². The molecule has 1 saturated heterocycles. The normalized spacial score (nSPS) is 17.7. The van der Waals surface area contributed by atoms with Crippen molar-refractivity contribution in [1.29, 1.82) is 0 Å². The van der Waals surface area contributed by atoms with Gasteiger partial charge in [0.15, 0.2) is 0 Å². The third kappa shape index (κ3) is 5.07. The first-order chi connectivity index (χ1) is 13.8. The summed E-state index contributed by atoms with van der Waals surface area (Å²) in [5.74, 6) is -0.806. The van der Waals surface area contributed by atoms with E-state index in [0.29, 0.717) is 37.4 Å². The van der Waals surface area contributed by atoms with Crippen LogP contribution in [0, 0.1) is 11.7 Å². The first kappa shape index (κ1) is 21.5. The zero-order valence-electron chi connectivity index (χ0n) is 15.9. The summed E-state index contributed by atoms with van der Waals surface area (Å²) in [7, 11) is -3.72. The van der Waals surface area contributed by atoms with E-state index in [4.69, 9.17) is 16.3 Å². The molecule has 0 saturated carbocycles. The third-order valence-electron chi connectivity index (χ3n) is 4.71. The molecule has 0 unspecified atom stereocenters. The molecule has 1 aliphatic heterocycles. The summed E-state index contributed by atoms with van der Waals surface area (Å²) in [6.07, 6.45) is 1.13. The van der Waals surface area contributed by atoms with Gasteiger partial charge < -0.3 is 10.1 Å². The fraction of sp³-hybridized carbons (Fsp3) is 0.350. The van der Waals surface area contributed by atoms with Crippen molar-refractivity contribution in [3.05, 3.63) is 53.3 Å². The number of anilines is 1. The zero-order chi connectivity index (χ0) is 21.0. The Morgan fingerprint density at radius 1 is 1.28 bits per heavy atom. The van der Waals surface area contributed by atoms with Gasteiger partial charge in [-0.3, -0.25) is 4.79 Å². The van der Waals surface area contributed by atoms with Crippen LogP contribution in [0.3, 0.4) is 0 Å². The summed E-state index contributed by atoms with van der Waals surface area (Å²) >= 11 is 5.74. The van der Waals surface area contributed by atoms with Crippen LogP contribution in [-0.4, -0.2) is 38.3 Å². The van der Waals surface area contributed by atoms with Gasteiger partial charge in [-0.05, 0) is 62.2 Å². The van der Waals surface area contributed by atoms with Crippen LogP contribution in [0.1, 0.15) is 19.8 Å². The first-order valence-corrected chi connectivity index (χ1v) is 11.1. The number of nitrogens with one attached hydrogen (secondary N) is 1. The monoisotopic (exact) mass is 440 g/mol. The van der Waals surface area contributed by atoms with Gasteiger partial charge in [0.25, 0.3) is 0 Å². The maximum absolute atomic E-state index is 13.3. The van der Waals surface area contributed by atoms with Gasteiger partial charge in [-0.2, -0.15) is 4.31 Å². The van der Waals surface area contributed by atoms with E-state index in [1.807, 2.05) is 6.92 Å². The second-order valence-corrected chi connectivity index (χ2v) is 9.07. The van der Waals surface area contributed by atoms with Gasteiger partial charge in [0.1, 0.15) is 11.6 Å². The van der Waals surface area contributed by atoms with Crippen LogP contribution in [0.2, 0.25) is 5.02 Å². The average molecular weight is 441 g/mol. The fourth-order valence-electron chi connectivity index (χ4n) is 3.22. The smallest absolute Gasteiger partial charge is 0.243 e. The van der Waals surface area contributed by atoms with Gasteiger partial charge in [-0.1, -0.05) is 11.6 Å².